The Morgan fingerprint density at radius 1 is 1.18 bits per heavy atom. The predicted molar refractivity (Wildman–Crippen MR) is 128 cm³/mol. The molecule has 0 radical (unpaired) electrons. The van der Waals surface area contributed by atoms with Crippen LogP contribution in [0.4, 0.5) is 10.7 Å². The van der Waals surface area contributed by atoms with Crippen LogP contribution in [0.5, 0.6) is 0 Å². The summed E-state index contributed by atoms with van der Waals surface area (Å²) in [5.41, 5.74) is 0.321. The number of hydrogen-bond acceptors (Lipinski definition) is 5. The number of H-pyrrole nitrogens is 1. The Morgan fingerprint density at radius 2 is 1.82 bits per heavy atom. The minimum Gasteiger partial charge on any atom is -0.481 e. The Bertz CT molecular complexity index is 1080. The third-order valence-electron chi connectivity index (χ3n) is 4.90. The number of aliphatic carboxylic acids is 2. The number of nitrogens with zero attached hydrogens (tertiary/aromatic N) is 2. The molecule has 2 aromatic rings. The van der Waals surface area contributed by atoms with Crippen molar-refractivity contribution in [2.75, 3.05) is 11.4 Å². The number of carboxylic acids is 2. The molecule has 1 aromatic heterocycles. The molecular formula is C25H31N3O6. The molecule has 1 unspecified atom stereocenters. The van der Waals surface area contributed by atoms with Gasteiger partial charge in [0.25, 0.3) is 0 Å². The summed E-state index contributed by atoms with van der Waals surface area (Å²) >= 11 is 0. The lowest BCUT2D eigenvalue weighted by atomic mass is 9.80. The van der Waals surface area contributed by atoms with Crippen molar-refractivity contribution in [3.63, 3.8) is 0 Å². The first-order chi connectivity index (χ1) is 15.9. The quantitative estimate of drug-likeness (QED) is 0.568. The first kappa shape index (κ1) is 26.4. The molecular weight excluding hydrogens is 438 g/mol. The Balaban J connectivity index is 0.000000270. The fraction of sp³-hybridized carbons (Fsp3) is 0.360. The Hall–Kier alpha value is -3.88. The zero-order chi connectivity index (χ0) is 25.5. The van der Waals surface area contributed by atoms with Gasteiger partial charge in [-0.15, -0.1) is 0 Å². The molecule has 182 valence electrons. The van der Waals surface area contributed by atoms with Gasteiger partial charge in [0.15, 0.2) is 0 Å². The highest BCUT2D eigenvalue weighted by Gasteiger charge is 2.34. The van der Waals surface area contributed by atoms with E-state index in [-0.39, 0.29) is 12.0 Å². The zero-order valence-electron chi connectivity index (χ0n) is 20.0. The summed E-state index contributed by atoms with van der Waals surface area (Å²) in [5, 5.41) is 17.5. The lowest BCUT2D eigenvalue weighted by Crippen LogP contribution is -2.37. The SMILES string of the molecule is CC1(C(=O)O)C=CC=C(C(=O)O)C1.CCN(C(=O)OC(C)(C)C)c1nc(-c2ccccc2)c[nH]1. The molecule has 9 heteroatoms. The molecule has 1 amide bonds. The average molecular weight is 470 g/mol. The number of carbonyl (C=O) groups excluding carboxylic acids is 1. The van der Waals surface area contributed by atoms with Crippen molar-refractivity contribution in [3.8, 4) is 11.3 Å². The van der Waals surface area contributed by atoms with Gasteiger partial charge < -0.3 is 19.9 Å². The lowest BCUT2D eigenvalue weighted by Gasteiger charge is -2.24. The highest BCUT2D eigenvalue weighted by molar-refractivity contribution is 5.90. The molecule has 0 bridgehead atoms. The maximum atomic E-state index is 12.2. The van der Waals surface area contributed by atoms with Crippen LogP contribution in [0.3, 0.4) is 0 Å². The van der Waals surface area contributed by atoms with Crippen LogP contribution in [0.25, 0.3) is 11.3 Å². The van der Waals surface area contributed by atoms with Crippen LogP contribution in [0, 0.1) is 5.41 Å². The molecule has 0 spiro atoms. The van der Waals surface area contributed by atoms with Crippen molar-refractivity contribution in [3.05, 3.63) is 60.3 Å². The van der Waals surface area contributed by atoms with E-state index < -0.39 is 29.0 Å². The summed E-state index contributed by atoms with van der Waals surface area (Å²) in [6.07, 6.45) is 5.82. The Labute approximate surface area is 198 Å². The molecule has 1 heterocycles. The maximum Gasteiger partial charge on any atom is 0.417 e. The van der Waals surface area contributed by atoms with Gasteiger partial charge >= 0.3 is 18.0 Å². The van der Waals surface area contributed by atoms with Crippen LogP contribution in [-0.2, 0) is 14.3 Å². The number of carboxylic acid groups (broad SMARTS) is 2. The third-order valence-corrected chi connectivity index (χ3v) is 4.90. The van der Waals surface area contributed by atoms with Gasteiger partial charge in [0.2, 0.25) is 5.95 Å². The Kier molecular flexibility index (Phi) is 8.40. The van der Waals surface area contributed by atoms with Gasteiger partial charge in [0.1, 0.15) is 5.60 Å². The molecule has 3 rings (SSSR count). The van der Waals surface area contributed by atoms with Gasteiger partial charge in [-0.2, -0.15) is 0 Å². The number of hydrogen-bond donors (Lipinski definition) is 3. The summed E-state index contributed by atoms with van der Waals surface area (Å²) in [5.74, 6) is -1.57. The van der Waals surface area contributed by atoms with E-state index >= 15 is 0 Å². The monoisotopic (exact) mass is 469 g/mol. The van der Waals surface area contributed by atoms with E-state index in [4.69, 9.17) is 14.9 Å². The number of amides is 1. The largest absolute Gasteiger partial charge is 0.481 e. The van der Waals surface area contributed by atoms with Gasteiger partial charge in [0.05, 0.1) is 11.1 Å². The molecule has 1 aliphatic carbocycles. The van der Waals surface area contributed by atoms with Crippen molar-refractivity contribution in [1.82, 2.24) is 9.97 Å². The summed E-state index contributed by atoms with van der Waals surface area (Å²) in [6.45, 7) is 9.40. The second-order valence-corrected chi connectivity index (χ2v) is 8.96. The summed E-state index contributed by atoms with van der Waals surface area (Å²) in [4.78, 5) is 42.5. The van der Waals surface area contributed by atoms with Gasteiger partial charge in [-0.05, 0) is 41.0 Å². The summed E-state index contributed by atoms with van der Waals surface area (Å²) in [7, 11) is 0. The van der Waals surface area contributed by atoms with Crippen molar-refractivity contribution in [1.29, 1.82) is 0 Å². The van der Waals surface area contributed by atoms with E-state index in [1.54, 1.807) is 6.20 Å². The predicted octanol–water partition coefficient (Wildman–Crippen LogP) is 4.89. The molecule has 1 aromatic carbocycles. The van der Waals surface area contributed by atoms with Crippen molar-refractivity contribution < 1.29 is 29.3 Å². The minimum absolute atomic E-state index is 0.0359. The van der Waals surface area contributed by atoms with E-state index in [1.165, 1.54) is 30.1 Å². The standard InChI is InChI=1S/C16H21N3O2.C9H10O4/c1-5-19(15(20)21-16(2,3)4)14-17-11-13(18-14)12-9-7-6-8-10-12;1-9(8(12)13)4-2-3-6(5-9)7(10)11/h6-11H,5H2,1-4H3,(H,17,18);2-4H,5H2,1H3,(H,10,11)(H,12,13). The van der Waals surface area contributed by atoms with Crippen LogP contribution in [0.1, 0.15) is 41.0 Å². The molecule has 0 fully saturated rings. The molecule has 9 nitrogen and oxygen atoms in total. The number of imidazole rings is 1. The smallest absolute Gasteiger partial charge is 0.417 e. The van der Waals surface area contributed by atoms with Crippen LogP contribution < -0.4 is 4.90 Å². The summed E-state index contributed by atoms with van der Waals surface area (Å²) in [6, 6.07) is 9.81. The Morgan fingerprint density at radius 3 is 2.35 bits per heavy atom. The summed E-state index contributed by atoms with van der Waals surface area (Å²) < 4.78 is 5.39. The molecule has 1 atom stereocenters. The van der Waals surface area contributed by atoms with Crippen LogP contribution >= 0.6 is 0 Å². The van der Waals surface area contributed by atoms with Crippen molar-refractivity contribution >= 4 is 24.0 Å². The fourth-order valence-corrected chi connectivity index (χ4v) is 3.07. The number of allylic oxidation sites excluding steroid dienone is 2. The van der Waals surface area contributed by atoms with E-state index in [1.807, 2.05) is 58.0 Å². The second-order valence-electron chi connectivity index (χ2n) is 8.96. The van der Waals surface area contributed by atoms with E-state index in [2.05, 4.69) is 9.97 Å². The van der Waals surface area contributed by atoms with Gasteiger partial charge in [-0.3, -0.25) is 4.79 Å². The van der Waals surface area contributed by atoms with E-state index in [9.17, 15) is 14.4 Å². The molecule has 0 aliphatic heterocycles. The highest BCUT2D eigenvalue weighted by Crippen LogP contribution is 2.31. The topological polar surface area (TPSA) is 133 Å². The average Bonchev–Trinajstić information content (AvgIpc) is 3.24. The number of aromatic nitrogens is 2. The number of rotatable bonds is 5. The molecule has 1 aliphatic rings. The van der Waals surface area contributed by atoms with Gasteiger partial charge in [-0.1, -0.05) is 48.6 Å². The minimum atomic E-state index is -1.08. The number of anilines is 1. The highest BCUT2D eigenvalue weighted by atomic mass is 16.6. The maximum absolute atomic E-state index is 12.2. The molecule has 3 N–H and O–H groups in total. The van der Waals surface area contributed by atoms with Crippen molar-refractivity contribution in [2.24, 2.45) is 5.41 Å². The number of benzene rings is 1. The number of carbonyl (C=O) groups is 3. The second kappa shape index (κ2) is 10.8. The lowest BCUT2D eigenvalue weighted by molar-refractivity contribution is -0.145. The van der Waals surface area contributed by atoms with Crippen molar-refractivity contribution in [2.45, 2.75) is 46.6 Å². The fourth-order valence-electron chi connectivity index (χ4n) is 3.07. The molecule has 0 saturated heterocycles. The number of aromatic amines is 1. The van der Waals surface area contributed by atoms with E-state index in [0.717, 1.165) is 11.3 Å². The third kappa shape index (κ3) is 7.06. The number of ether oxygens (including phenoxy) is 1. The molecule has 34 heavy (non-hydrogen) atoms. The van der Waals surface area contributed by atoms with Crippen LogP contribution in [-0.4, -0.2) is 50.4 Å². The van der Waals surface area contributed by atoms with Crippen LogP contribution in [0.2, 0.25) is 0 Å². The zero-order valence-corrected chi connectivity index (χ0v) is 20.0. The van der Waals surface area contributed by atoms with Gasteiger partial charge in [-0.25, -0.2) is 19.5 Å². The van der Waals surface area contributed by atoms with Crippen LogP contribution in [0.15, 0.2) is 60.3 Å². The van der Waals surface area contributed by atoms with Gasteiger partial charge in [0, 0.05) is 23.9 Å². The first-order valence-corrected chi connectivity index (χ1v) is 10.8. The van der Waals surface area contributed by atoms with E-state index in [0.29, 0.717) is 12.5 Å². The first-order valence-electron chi connectivity index (χ1n) is 10.8. The molecule has 0 saturated carbocycles. The number of nitrogens with one attached hydrogen (secondary N) is 1. The normalized spacial score (nSPS) is 17.1.